The Morgan fingerprint density at radius 1 is 1.22 bits per heavy atom. The van der Waals surface area contributed by atoms with Crippen molar-refractivity contribution in [3.8, 4) is 0 Å². The molecule has 1 atom stereocenters. The molecule has 2 N–H and O–H groups in total. The summed E-state index contributed by atoms with van der Waals surface area (Å²) in [4.78, 5) is 4.39. The fourth-order valence-corrected chi connectivity index (χ4v) is 2.64. The summed E-state index contributed by atoms with van der Waals surface area (Å²) in [5.41, 5.74) is 8.59. The number of aromatic nitrogens is 1. The molecule has 1 aliphatic heterocycles. The van der Waals surface area contributed by atoms with Crippen LogP contribution in [-0.2, 0) is 4.74 Å². The lowest BCUT2D eigenvalue weighted by Gasteiger charge is -2.28. The summed E-state index contributed by atoms with van der Waals surface area (Å²) in [5.74, 6) is 0.528. The normalized spacial score (nSPS) is 18.9. The van der Waals surface area contributed by atoms with Crippen molar-refractivity contribution < 1.29 is 4.74 Å². The highest BCUT2D eigenvalue weighted by atomic mass is 16.5. The molecule has 1 fully saturated rings. The molecule has 1 aromatic heterocycles. The summed E-state index contributed by atoms with van der Waals surface area (Å²) in [6, 6.07) is 10.5. The van der Waals surface area contributed by atoms with Crippen LogP contribution >= 0.6 is 0 Å². The summed E-state index contributed by atoms with van der Waals surface area (Å²) in [6.45, 7) is 1.67. The molecule has 0 spiro atoms. The van der Waals surface area contributed by atoms with E-state index in [2.05, 4.69) is 29.2 Å². The Hall–Kier alpha value is -1.45. The average molecular weight is 242 g/mol. The average Bonchev–Trinajstić information content (AvgIpc) is 2.47. The van der Waals surface area contributed by atoms with E-state index in [4.69, 9.17) is 10.5 Å². The Bertz CT molecular complexity index is 535. The van der Waals surface area contributed by atoms with Crippen molar-refractivity contribution in [3.63, 3.8) is 0 Å². The van der Waals surface area contributed by atoms with Crippen LogP contribution in [-0.4, -0.2) is 18.2 Å². The van der Waals surface area contributed by atoms with Crippen LogP contribution in [0.15, 0.2) is 36.5 Å². The summed E-state index contributed by atoms with van der Waals surface area (Å²) >= 11 is 0. The van der Waals surface area contributed by atoms with Crippen molar-refractivity contribution in [2.75, 3.05) is 13.2 Å². The van der Waals surface area contributed by atoms with Crippen LogP contribution in [0.3, 0.4) is 0 Å². The fourth-order valence-electron chi connectivity index (χ4n) is 2.64. The molecule has 1 saturated heterocycles. The van der Waals surface area contributed by atoms with Gasteiger partial charge in [-0.3, -0.25) is 4.98 Å². The molecule has 0 bridgehead atoms. The number of rotatable bonds is 2. The fraction of sp³-hybridized carbons (Fsp3) is 0.400. The van der Waals surface area contributed by atoms with Crippen LogP contribution in [0.1, 0.15) is 24.4 Å². The van der Waals surface area contributed by atoms with E-state index in [1.165, 1.54) is 10.9 Å². The van der Waals surface area contributed by atoms with E-state index in [9.17, 15) is 0 Å². The second-order valence-corrected chi connectivity index (χ2v) is 4.93. The molecule has 3 heteroatoms. The standard InChI is InChI=1S/C15H18N2O/c16-15(12-5-8-18-9-6-12)13-4-3-11-2-1-7-17-14(11)10-13/h1-4,7,10,12,15H,5-6,8-9,16H2. The molecule has 2 aromatic rings. The number of pyridine rings is 1. The Kier molecular flexibility index (Phi) is 3.26. The molecule has 1 unspecified atom stereocenters. The predicted molar refractivity (Wildman–Crippen MR) is 72.2 cm³/mol. The molecular weight excluding hydrogens is 224 g/mol. The molecule has 0 aliphatic carbocycles. The third kappa shape index (κ3) is 2.24. The molecule has 0 radical (unpaired) electrons. The van der Waals surface area contributed by atoms with E-state index in [0.717, 1.165) is 31.6 Å². The largest absolute Gasteiger partial charge is 0.381 e. The van der Waals surface area contributed by atoms with E-state index in [-0.39, 0.29) is 6.04 Å². The van der Waals surface area contributed by atoms with Crippen molar-refractivity contribution in [2.45, 2.75) is 18.9 Å². The van der Waals surface area contributed by atoms with E-state index < -0.39 is 0 Å². The van der Waals surface area contributed by atoms with Gasteiger partial charge in [0.1, 0.15) is 0 Å². The van der Waals surface area contributed by atoms with Crippen LogP contribution in [0.5, 0.6) is 0 Å². The summed E-state index contributed by atoms with van der Waals surface area (Å²) < 4.78 is 5.39. The van der Waals surface area contributed by atoms with E-state index >= 15 is 0 Å². The Morgan fingerprint density at radius 3 is 2.89 bits per heavy atom. The maximum atomic E-state index is 6.38. The van der Waals surface area contributed by atoms with Gasteiger partial charge in [0.25, 0.3) is 0 Å². The SMILES string of the molecule is NC(c1ccc2cccnc2c1)C1CCOCC1. The van der Waals surface area contributed by atoms with Gasteiger partial charge in [-0.2, -0.15) is 0 Å². The minimum Gasteiger partial charge on any atom is -0.381 e. The first-order chi connectivity index (χ1) is 8.84. The number of fused-ring (bicyclic) bond motifs is 1. The maximum Gasteiger partial charge on any atom is 0.0705 e. The Labute approximate surface area is 107 Å². The maximum absolute atomic E-state index is 6.38. The Balaban J connectivity index is 1.88. The number of hydrogen-bond acceptors (Lipinski definition) is 3. The lowest BCUT2D eigenvalue weighted by atomic mass is 9.87. The molecule has 3 nitrogen and oxygen atoms in total. The van der Waals surface area contributed by atoms with Crippen LogP contribution < -0.4 is 5.73 Å². The number of ether oxygens (including phenoxy) is 1. The van der Waals surface area contributed by atoms with Gasteiger partial charge in [-0.15, -0.1) is 0 Å². The molecule has 1 aliphatic rings. The van der Waals surface area contributed by atoms with Crippen LogP contribution in [0.25, 0.3) is 10.9 Å². The minimum absolute atomic E-state index is 0.0975. The first-order valence-corrected chi connectivity index (χ1v) is 6.52. The van der Waals surface area contributed by atoms with E-state index in [1.54, 1.807) is 0 Å². The van der Waals surface area contributed by atoms with Crippen LogP contribution in [0.4, 0.5) is 0 Å². The zero-order valence-corrected chi connectivity index (χ0v) is 10.4. The zero-order chi connectivity index (χ0) is 12.4. The predicted octanol–water partition coefficient (Wildman–Crippen LogP) is 2.66. The second kappa shape index (κ2) is 5.04. The van der Waals surface area contributed by atoms with Gasteiger partial charge in [0, 0.05) is 30.8 Å². The van der Waals surface area contributed by atoms with Crippen molar-refractivity contribution in [2.24, 2.45) is 11.7 Å². The lowest BCUT2D eigenvalue weighted by Crippen LogP contribution is -2.27. The van der Waals surface area contributed by atoms with Gasteiger partial charge in [-0.25, -0.2) is 0 Å². The van der Waals surface area contributed by atoms with Gasteiger partial charge in [0.05, 0.1) is 5.52 Å². The van der Waals surface area contributed by atoms with Gasteiger partial charge in [0.15, 0.2) is 0 Å². The molecule has 0 saturated carbocycles. The van der Waals surface area contributed by atoms with Crippen molar-refractivity contribution >= 4 is 10.9 Å². The van der Waals surface area contributed by atoms with Crippen LogP contribution in [0, 0.1) is 5.92 Å². The molecule has 18 heavy (non-hydrogen) atoms. The van der Waals surface area contributed by atoms with Gasteiger partial charge in [-0.1, -0.05) is 18.2 Å². The highest BCUT2D eigenvalue weighted by molar-refractivity contribution is 5.78. The van der Waals surface area contributed by atoms with Crippen molar-refractivity contribution in [3.05, 3.63) is 42.1 Å². The van der Waals surface area contributed by atoms with Gasteiger partial charge in [0.2, 0.25) is 0 Å². The third-order valence-corrected chi connectivity index (χ3v) is 3.79. The van der Waals surface area contributed by atoms with Gasteiger partial charge in [-0.05, 0) is 36.5 Å². The lowest BCUT2D eigenvalue weighted by molar-refractivity contribution is 0.0584. The number of nitrogens with two attached hydrogens (primary N) is 1. The highest BCUT2D eigenvalue weighted by Crippen LogP contribution is 2.29. The first kappa shape index (κ1) is 11.6. The summed E-state index contributed by atoms with van der Waals surface area (Å²) in [7, 11) is 0. The van der Waals surface area contributed by atoms with E-state index in [1.807, 2.05) is 12.3 Å². The van der Waals surface area contributed by atoms with Crippen LogP contribution in [0.2, 0.25) is 0 Å². The third-order valence-electron chi connectivity index (χ3n) is 3.79. The van der Waals surface area contributed by atoms with Gasteiger partial charge < -0.3 is 10.5 Å². The molecule has 94 valence electrons. The summed E-state index contributed by atoms with van der Waals surface area (Å²) in [6.07, 6.45) is 3.94. The molecule has 3 rings (SSSR count). The number of nitrogens with zero attached hydrogens (tertiary/aromatic N) is 1. The first-order valence-electron chi connectivity index (χ1n) is 6.52. The molecular formula is C15H18N2O. The second-order valence-electron chi connectivity index (χ2n) is 4.93. The highest BCUT2D eigenvalue weighted by Gasteiger charge is 2.22. The zero-order valence-electron chi connectivity index (χ0n) is 10.4. The monoisotopic (exact) mass is 242 g/mol. The topological polar surface area (TPSA) is 48.1 Å². The summed E-state index contributed by atoms with van der Waals surface area (Å²) in [5, 5.41) is 1.17. The smallest absolute Gasteiger partial charge is 0.0705 e. The van der Waals surface area contributed by atoms with E-state index in [0.29, 0.717) is 5.92 Å². The molecule has 1 aromatic carbocycles. The number of benzene rings is 1. The van der Waals surface area contributed by atoms with Gasteiger partial charge >= 0.3 is 0 Å². The van der Waals surface area contributed by atoms with Crippen molar-refractivity contribution in [1.29, 1.82) is 0 Å². The molecule has 0 amide bonds. The number of hydrogen-bond donors (Lipinski definition) is 1. The Morgan fingerprint density at radius 2 is 2.06 bits per heavy atom. The quantitative estimate of drug-likeness (QED) is 0.880. The molecule has 2 heterocycles. The van der Waals surface area contributed by atoms with Crippen molar-refractivity contribution in [1.82, 2.24) is 4.98 Å². The minimum atomic E-state index is 0.0975.